The van der Waals surface area contributed by atoms with Gasteiger partial charge in [0.1, 0.15) is 0 Å². The van der Waals surface area contributed by atoms with E-state index in [9.17, 15) is 13.7 Å². The molecule has 0 spiro atoms. The Balaban J connectivity index is 2.01. The zero-order valence-corrected chi connectivity index (χ0v) is 13.9. The van der Waals surface area contributed by atoms with Gasteiger partial charge in [-0.3, -0.25) is 4.72 Å². The van der Waals surface area contributed by atoms with Crippen molar-refractivity contribution in [1.29, 1.82) is 5.26 Å². The lowest BCUT2D eigenvalue weighted by molar-refractivity contribution is 0.601. The zero-order valence-electron chi connectivity index (χ0n) is 12.3. The van der Waals surface area contributed by atoms with E-state index in [0.29, 0.717) is 22.7 Å². The number of nitrogens with one attached hydrogen (secondary N) is 1. The van der Waals surface area contributed by atoms with Gasteiger partial charge in [0, 0.05) is 10.6 Å². The molecule has 6 heteroatoms. The van der Waals surface area contributed by atoms with Crippen molar-refractivity contribution in [3.63, 3.8) is 0 Å². The highest BCUT2D eigenvalue weighted by Crippen LogP contribution is 2.35. The molecule has 0 bridgehead atoms. The predicted octanol–water partition coefficient (Wildman–Crippen LogP) is 3.91. The maximum atomic E-state index is 12.5. The molecule has 2 aromatic carbocycles. The normalized spacial score (nSPS) is 13.2. The van der Waals surface area contributed by atoms with Crippen molar-refractivity contribution >= 4 is 32.9 Å². The van der Waals surface area contributed by atoms with E-state index in [-0.39, 0.29) is 4.90 Å². The van der Waals surface area contributed by atoms with Gasteiger partial charge >= 0.3 is 0 Å². The second kappa shape index (κ2) is 5.73. The van der Waals surface area contributed by atoms with E-state index in [1.165, 1.54) is 24.3 Å². The van der Waals surface area contributed by atoms with Gasteiger partial charge < -0.3 is 0 Å². The van der Waals surface area contributed by atoms with E-state index < -0.39 is 10.0 Å². The molecule has 23 heavy (non-hydrogen) atoms. The summed E-state index contributed by atoms with van der Waals surface area (Å²) in [5.41, 5.74) is 3.70. The number of halogens is 1. The number of anilines is 1. The smallest absolute Gasteiger partial charge is 0.261 e. The lowest BCUT2D eigenvalue weighted by Crippen LogP contribution is -2.14. The first-order valence-corrected chi connectivity index (χ1v) is 8.80. The minimum absolute atomic E-state index is 0.141. The van der Waals surface area contributed by atoms with Crippen LogP contribution >= 0.6 is 11.6 Å². The first-order chi connectivity index (χ1) is 10.9. The van der Waals surface area contributed by atoms with Crippen LogP contribution < -0.4 is 4.72 Å². The Morgan fingerprint density at radius 1 is 1.17 bits per heavy atom. The summed E-state index contributed by atoms with van der Waals surface area (Å²) >= 11 is 5.80. The molecular formula is C17H13ClN2O2S. The number of rotatable bonds is 3. The fourth-order valence-corrected chi connectivity index (χ4v) is 3.89. The molecule has 1 aliphatic carbocycles. The number of allylic oxidation sites excluding steroid dienone is 2. The molecule has 2 aromatic rings. The highest BCUT2D eigenvalue weighted by Gasteiger charge is 2.22. The van der Waals surface area contributed by atoms with Gasteiger partial charge in [-0.1, -0.05) is 23.7 Å². The van der Waals surface area contributed by atoms with Crippen LogP contribution in [-0.4, -0.2) is 8.42 Å². The molecule has 0 fully saturated rings. The Morgan fingerprint density at radius 2 is 1.87 bits per heavy atom. The molecule has 1 N–H and O–H groups in total. The predicted molar refractivity (Wildman–Crippen MR) is 90.7 cm³/mol. The monoisotopic (exact) mass is 344 g/mol. The summed E-state index contributed by atoms with van der Waals surface area (Å²) in [6.07, 6.45) is 2.36. The summed E-state index contributed by atoms with van der Waals surface area (Å²) in [6.45, 7) is 1.91. The number of nitrogens with zero attached hydrogens (tertiary/aromatic N) is 1. The summed E-state index contributed by atoms with van der Waals surface area (Å²) in [5.74, 6) is 0. The van der Waals surface area contributed by atoms with Gasteiger partial charge in [0.2, 0.25) is 0 Å². The highest BCUT2D eigenvalue weighted by molar-refractivity contribution is 7.92. The van der Waals surface area contributed by atoms with Gasteiger partial charge in [0.25, 0.3) is 10.0 Å². The first-order valence-electron chi connectivity index (χ1n) is 6.94. The van der Waals surface area contributed by atoms with E-state index in [4.69, 9.17) is 11.6 Å². The van der Waals surface area contributed by atoms with Crippen molar-refractivity contribution in [2.45, 2.75) is 18.2 Å². The van der Waals surface area contributed by atoms with Crippen molar-refractivity contribution in [1.82, 2.24) is 0 Å². The number of hydrogen-bond acceptors (Lipinski definition) is 3. The van der Waals surface area contributed by atoms with Gasteiger partial charge in [-0.05, 0) is 54.8 Å². The molecule has 0 unspecified atom stereocenters. The van der Waals surface area contributed by atoms with Crippen LogP contribution in [0.25, 0.3) is 5.57 Å². The van der Waals surface area contributed by atoms with Crippen LogP contribution in [0, 0.1) is 18.3 Å². The van der Waals surface area contributed by atoms with E-state index in [2.05, 4.69) is 10.8 Å². The van der Waals surface area contributed by atoms with Crippen LogP contribution in [0.3, 0.4) is 0 Å². The molecule has 0 aromatic heterocycles. The Morgan fingerprint density at radius 3 is 2.52 bits per heavy atom. The number of fused-ring (bicyclic) bond motifs is 1. The molecule has 0 radical (unpaired) electrons. The van der Waals surface area contributed by atoms with Crippen LogP contribution in [0.2, 0.25) is 5.02 Å². The minimum atomic E-state index is -3.70. The van der Waals surface area contributed by atoms with Crippen LogP contribution in [0.1, 0.15) is 16.7 Å². The quantitative estimate of drug-likeness (QED) is 0.917. The minimum Gasteiger partial charge on any atom is -0.279 e. The SMILES string of the molecule is Cc1ccc(NS(=O)(=O)c2ccc(Cl)cc2)c2c1C(C#N)=CC2. The van der Waals surface area contributed by atoms with Gasteiger partial charge in [-0.2, -0.15) is 5.26 Å². The average Bonchev–Trinajstić information content (AvgIpc) is 2.95. The van der Waals surface area contributed by atoms with Gasteiger partial charge in [-0.15, -0.1) is 0 Å². The number of nitriles is 1. The third-order valence-electron chi connectivity index (χ3n) is 3.79. The number of aryl methyl sites for hydroxylation is 1. The number of sulfonamides is 1. The molecule has 116 valence electrons. The van der Waals surface area contributed by atoms with Crippen LogP contribution in [0.4, 0.5) is 5.69 Å². The molecular weight excluding hydrogens is 332 g/mol. The van der Waals surface area contributed by atoms with Gasteiger partial charge in [-0.25, -0.2) is 8.42 Å². The Kier molecular flexibility index (Phi) is 3.88. The topological polar surface area (TPSA) is 70.0 Å². The fourth-order valence-electron chi connectivity index (χ4n) is 2.67. The highest BCUT2D eigenvalue weighted by atomic mass is 35.5. The summed E-state index contributed by atoms with van der Waals surface area (Å²) in [5, 5.41) is 9.67. The third kappa shape index (κ3) is 2.83. The summed E-state index contributed by atoms with van der Waals surface area (Å²) in [7, 11) is -3.70. The molecule has 0 aliphatic heterocycles. The standard InChI is InChI=1S/C17H13ClN2O2S/c1-11-2-9-16(15-8-3-12(10-19)17(11)15)20-23(21,22)14-6-4-13(18)5-7-14/h2-7,9,20H,8H2,1H3. The second-order valence-electron chi connectivity index (χ2n) is 5.28. The zero-order chi connectivity index (χ0) is 16.6. The Labute approximate surface area is 140 Å². The van der Waals surface area contributed by atoms with E-state index in [1.54, 1.807) is 6.07 Å². The first kappa shape index (κ1) is 15.6. The maximum absolute atomic E-state index is 12.5. The van der Waals surface area contributed by atoms with Crippen molar-refractivity contribution in [3.05, 3.63) is 64.2 Å². The molecule has 0 amide bonds. The Bertz CT molecular complexity index is 955. The van der Waals surface area contributed by atoms with Crippen molar-refractivity contribution < 1.29 is 8.42 Å². The summed E-state index contributed by atoms with van der Waals surface area (Å²) in [4.78, 5) is 0.141. The fraction of sp³-hybridized carbons (Fsp3) is 0.118. The van der Waals surface area contributed by atoms with Crippen LogP contribution in [0.5, 0.6) is 0 Å². The van der Waals surface area contributed by atoms with Gasteiger partial charge in [0.05, 0.1) is 22.2 Å². The summed E-state index contributed by atoms with van der Waals surface area (Å²) < 4.78 is 27.6. The second-order valence-corrected chi connectivity index (χ2v) is 7.40. The van der Waals surface area contributed by atoms with E-state index in [1.807, 2.05) is 19.1 Å². The molecule has 0 atom stereocenters. The molecule has 0 heterocycles. The summed E-state index contributed by atoms with van der Waals surface area (Å²) in [6, 6.07) is 11.7. The average molecular weight is 345 g/mol. The third-order valence-corrected chi connectivity index (χ3v) is 5.42. The van der Waals surface area contributed by atoms with Crippen LogP contribution in [-0.2, 0) is 16.4 Å². The van der Waals surface area contributed by atoms with E-state index in [0.717, 1.165) is 16.7 Å². The largest absolute Gasteiger partial charge is 0.279 e. The van der Waals surface area contributed by atoms with Crippen molar-refractivity contribution in [2.75, 3.05) is 4.72 Å². The molecule has 4 nitrogen and oxygen atoms in total. The maximum Gasteiger partial charge on any atom is 0.261 e. The Hall–Kier alpha value is -2.29. The molecule has 1 aliphatic rings. The van der Waals surface area contributed by atoms with E-state index >= 15 is 0 Å². The molecule has 0 saturated heterocycles. The van der Waals surface area contributed by atoms with Crippen molar-refractivity contribution in [3.8, 4) is 6.07 Å². The number of benzene rings is 2. The van der Waals surface area contributed by atoms with Crippen LogP contribution in [0.15, 0.2) is 47.4 Å². The molecule has 3 rings (SSSR count). The lowest BCUT2D eigenvalue weighted by Gasteiger charge is -2.14. The number of hydrogen-bond donors (Lipinski definition) is 1. The van der Waals surface area contributed by atoms with Gasteiger partial charge in [0.15, 0.2) is 0 Å². The molecule has 0 saturated carbocycles. The lowest BCUT2D eigenvalue weighted by atomic mass is 9.99. The van der Waals surface area contributed by atoms with Crippen molar-refractivity contribution in [2.24, 2.45) is 0 Å².